The summed E-state index contributed by atoms with van der Waals surface area (Å²) in [4.78, 5) is 11.9. The van der Waals surface area contributed by atoms with E-state index in [-0.39, 0.29) is 5.97 Å². The van der Waals surface area contributed by atoms with Gasteiger partial charge in [0.1, 0.15) is 0 Å². The number of carbonyl (C=O) groups is 1. The topological polar surface area (TPSA) is 38.3 Å². The maximum absolute atomic E-state index is 11.9. The Morgan fingerprint density at radius 1 is 0.839 bits per heavy atom. The molecule has 2 atom stereocenters. The van der Waals surface area contributed by atoms with Crippen LogP contribution in [0.1, 0.15) is 124 Å². The molecule has 0 aliphatic carbocycles. The fourth-order valence-corrected chi connectivity index (χ4v) is 6.53. The van der Waals surface area contributed by atoms with Gasteiger partial charge in [0.15, 0.2) is 0 Å². The standard InChI is InChI=1S/C27H55INO2/c1-5-7-8-9-10-11-13-17-26(18-14-12-15-21-28-20-6-2)23-25(3)24-31-27(30)19-16-22-29-4/h25-26,29H,5-24H2,1-4H3/q-1/t25-,26?/m1/s1. The zero-order valence-corrected chi connectivity index (χ0v) is 23.6. The molecule has 0 aliphatic rings. The number of esters is 1. The molecule has 0 saturated heterocycles. The van der Waals surface area contributed by atoms with E-state index < -0.39 is 0 Å². The van der Waals surface area contributed by atoms with Crippen molar-refractivity contribution in [2.45, 2.75) is 124 Å². The van der Waals surface area contributed by atoms with Gasteiger partial charge in [-0.05, 0) is 20.0 Å². The molecule has 1 unspecified atom stereocenters. The van der Waals surface area contributed by atoms with Crippen LogP contribution >= 0.6 is 0 Å². The normalized spacial score (nSPS) is 13.4. The number of rotatable bonds is 24. The summed E-state index contributed by atoms with van der Waals surface area (Å²) >= 11 is 0.487. The Bertz CT molecular complexity index is 360. The zero-order chi connectivity index (χ0) is 23.0. The summed E-state index contributed by atoms with van der Waals surface area (Å²) in [5.41, 5.74) is 0. The van der Waals surface area contributed by atoms with E-state index in [1.54, 1.807) is 0 Å². The molecule has 0 aliphatic heterocycles. The number of unbranched alkanes of at least 4 members (excludes halogenated alkanes) is 8. The Labute approximate surface area is 205 Å². The van der Waals surface area contributed by atoms with Gasteiger partial charge in [0.2, 0.25) is 0 Å². The van der Waals surface area contributed by atoms with Crippen molar-refractivity contribution in [3.63, 3.8) is 0 Å². The van der Waals surface area contributed by atoms with Gasteiger partial charge in [-0.3, -0.25) is 0 Å². The first-order valence-corrected chi connectivity index (χ1v) is 16.5. The van der Waals surface area contributed by atoms with Crippen molar-refractivity contribution in [3.8, 4) is 0 Å². The van der Waals surface area contributed by atoms with Crippen LogP contribution in [-0.2, 0) is 9.53 Å². The van der Waals surface area contributed by atoms with E-state index in [1.165, 1.54) is 98.7 Å². The number of alkyl halides is 2. The van der Waals surface area contributed by atoms with Crippen LogP contribution in [0, 0.1) is 11.8 Å². The molecule has 0 radical (unpaired) electrons. The first-order valence-electron chi connectivity index (χ1n) is 13.5. The molecule has 0 aromatic heterocycles. The molecule has 0 aromatic rings. The van der Waals surface area contributed by atoms with Crippen molar-refractivity contribution >= 4 is 5.97 Å². The van der Waals surface area contributed by atoms with Gasteiger partial charge in [-0.15, -0.1) is 0 Å². The van der Waals surface area contributed by atoms with Gasteiger partial charge < -0.3 is 5.32 Å². The second-order valence-electron chi connectivity index (χ2n) is 9.42. The number of hydrogen-bond acceptors (Lipinski definition) is 3. The van der Waals surface area contributed by atoms with Gasteiger partial charge >= 0.3 is 161 Å². The molecular formula is C27H55INO2-. The summed E-state index contributed by atoms with van der Waals surface area (Å²) in [6.45, 7) is 8.36. The molecule has 4 heteroatoms. The van der Waals surface area contributed by atoms with Gasteiger partial charge in [-0.25, -0.2) is 0 Å². The summed E-state index contributed by atoms with van der Waals surface area (Å²) in [6.07, 6.45) is 20.8. The van der Waals surface area contributed by atoms with Crippen LogP contribution < -0.4 is 26.5 Å². The first kappa shape index (κ1) is 31.2. The molecule has 31 heavy (non-hydrogen) atoms. The average molecular weight is 553 g/mol. The van der Waals surface area contributed by atoms with Gasteiger partial charge in [-0.2, -0.15) is 0 Å². The Morgan fingerprint density at radius 3 is 2.13 bits per heavy atom. The van der Waals surface area contributed by atoms with E-state index >= 15 is 0 Å². The van der Waals surface area contributed by atoms with E-state index in [0.29, 0.717) is 40.2 Å². The van der Waals surface area contributed by atoms with Crippen molar-refractivity contribution in [2.75, 3.05) is 29.1 Å². The van der Waals surface area contributed by atoms with Gasteiger partial charge in [-0.1, -0.05) is 19.8 Å². The second-order valence-corrected chi connectivity index (χ2v) is 12.7. The number of hydrogen-bond donors (Lipinski definition) is 1. The maximum atomic E-state index is 11.9. The molecule has 0 bridgehead atoms. The van der Waals surface area contributed by atoms with Gasteiger partial charge in [0, 0.05) is 0 Å². The molecule has 0 heterocycles. The fourth-order valence-electron chi connectivity index (χ4n) is 4.15. The summed E-state index contributed by atoms with van der Waals surface area (Å²) in [5.74, 6) is 1.28. The molecular weight excluding hydrogens is 497 g/mol. The summed E-state index contributed by atoms with van der Waals surface area (Å²) in [6, 6.07) is 0. The van der Waals surface area contributed by atoms with Crippen LogP contribution in [0.4, 0.5) is 0 Å². The minimum absolute atomic E-state index is 0.0268. The Hall–Kier alpha value is 0.160. The number of halogens is 1. The van der Waals surface area contributed by atoms with E-state index in [2.05, 4.69) is 26.1 Å². The first-order chi connectivity index (χ1) is 15.1. The zero-order valence-electron chi connectivity index (χ0n) is 21.5. The summed E-state index contributed by atoms with van der Waals surface area (Å²) < 4.78 is 8.58. The van der Waals surface area contributed by atoms with Crippen molar-refractivity contribution in [2.24, 2.45) is 11.8 Å². The van der Waals surface area contributed by atoms with Crippen molar-refractivity contribution in [3.05, 3.63) is 0 Å². The molecule has 0 amide bonds. The third kappa shape index (κ3) is 23.1. The molecule has 0 fully saturated rings. The average Bonchev–Trinajstić information content (AvgIpc) is 2.76. The molecule has 3 nitrogen and oxygen atoms in total. The van der Waals surface area contributed by atoms with Crippen molar-refractivity contribution in [1.82, 2.24) is 5.32 Å². The molecule has 1 N–H and O–H groups in total. The third-order valence-electron chi connectivity index (χ3n) is 5.99. The number of ether oxygens (including phenoxy) is 1. The van der Waals surface area contributed by atoms with Crippen LogP contribution in [0.2, 0.25) is 0 Å². The van der Waals surface area contributed by atoms with E-state index in [4.69, 9.17) is 4.74 Å². The summed E-state index contributed by atoms with van der Waals surface area (Å²) in [7, 11) is 1.92. The van der Waals surface area contributed by atoms with Crippen LogP contribution in [-0.4, -0.2) is 35.0 Å². The van der Waals surface area contributed by atoms with E-state index in [9.17, 15) is 4.79 Å². The molecule has 188 valence electrons. The van der Waals surface area contributed by atoms with E-state index in [1.807, 2.05) is 7.05 Å². The Morgan fingerprint density at radius 2 is 1.48 bits per heavy atom. The van der Waals surface area contributed by atoms with E-state index in [0.717, 1.165) is 18.9 Å². The van der Waals surface area contributed by atoms with Crippen molar-refractivity contribution in [1.29, 1.82) is 0 Å². The molecule has 0 saturated carbocycles. The SMILES string of the molecule is CCCCCCCCCC(CCCCC[I-]CCC)C[C@@H](C)COC(=O)CCCNC. The Balaban J connectivity index is 4.14. The van der Waals surface area contributed by atoms with Crippen LogP contribution in [0.3, 0.4) is 0 Å². The molecule has 0 aromatic carbocycles. The van der Waals surface area contributed by atoms with Crippen LogP contribution in [0.5, 0.6) is 0 Å². The molecule has 0 rings (SSSR count). The number of carbonyl (C=O) groups excluding carboxylic acids is 1. The fraction of sp³-hybridized carbons (Fsp3) is 0.963. The molecule has 0 spiro atoms. The second kappa shape index (κ2) is 24.8. The predicted octanol–water partition coefficient (Wildman–Crippen LogP) is 4.37. The van der Waals surface area contributed by atoms with Gasteiger partial charge in [0.05, 0.1) is 0 Å². The van der Waals surface area contributed by atoms with Gasteiger partial charge in [0.25, 0.3) is 0 Å². The smallest absolute Gasteiger partial charge is 0.320 e. The summed E-state index contributed by atoms with van der Waals surface area (Å²) in [5, 5.41) is 3.08. The Kier molecular flexibility index (Phi) is 24.9. The van der Waals surface area contributed by atoms with Crippen LogP contribution in [0.25, 0.3) is 0 Å². The van der Waals surface area contributed by atoms with Crippen LogP contribution in [0.15, 0.2) is 0 Å². The minimum Gasteiger partial charge on any atom is -0.320 e. The van der Waals surface area contributed by atoms with Crippen molar-refractivity contribution < 1.29 is 30.7 Å². The quantitative estimate of drug-likeness (QED) is 0.0837. The third-order valence-corrected chi connectivity index (χ3v) is 9.36. The number of nitrogens with one attached hydrogen (secondary N) is 1. The minimum atomic E-state index is -0.0268. The monoisotopic (exact) mass is 552 g/mol. The predicted molar refractivity (Wildman–Crippen MR) is 132 cm³/mol.